The number of hydrogen-bond donors (Lipinski definition) is 1. The fourth-order valence-electron chi connectivity index (χ4n) is 1.53. The van der Waals surface area contributed by atoms with Crippen molar-refractivity contribution < 1.29 is 0 Å². The van der Waals surface area contributed by atoms with Crippen LogP contribution in [0.3, 0.4) is 0 Å². The second-order valence-corrected chi connectivity index (χ2v) is 5.57. The Kier molecular flexibility index (Phi) is 3.75. The summed E-state index contributed by atoms with van der Waals surface area (Å²) in [6.45, 7) is 0. The molecule has 1 heterocycles. The molecule has 0 aliphatic carbocycles. The highest BCUT2D eigenvalue weighted by Crippen LogP contribution is 2.25. The Morgan fingerprint density at radius 1 is 1.41 bits per heavy atom. The lowest BCUT2D eigenvalue weighted by Crippen LogP contribution is -2.32. The number of aromatic nitrogens is 2. The highest BCUT2D eigenvalue weighted by atomic mass is 79.9. The molecular formula is C10H8Br2ClN3O. The van der Waals surface area contributed by atoms with Crippen molar-refractivity contribution in [3.63, 3.8) is 0 Å². The zero-order chi connectivity index (χ0) is 12.6. The van der Waals surface area contributed by atoms with Crippen LogP contribution in [0.15, 0.2) is 25.9 Å². The molecule has 0 aliphatic rings. The average molecular weight is 381 g/mol. The summed E-state index contributed by atoms with van der Waals surface area (Å²) in [4.78, 5) is 16.4. The van der Waals surface area contributed by atoms with Gasteiger partial charge < -0.3 is 5.84 Å². The first-order valence-electron chi connectivity index (χ1n) is 4.76. The van der Waals surface area contributed by atoms with Gasteiger partial charge in [-0.1, -0.05) is 15.9 Å². The van der Waals surface area contributed by atoms with Crippen molar-refractivity contribution in [2.45, 2.75) is 6.42 Å². The van der Waals surface area contributed by atoms with E-state index in [1.807, 2.05) is 6.07 Å². The van der Waals surface area contributed by atoms with Gasteiger partial charge in [0, 0.05) is 21.2 Å². The van der Waals surface area contributed by atoms with Crippen LogP contribution in [0.25, 0.3) is 10.9 Å². The maximum atomic E-state index is 12.0. The van der Waals surface area contributed by atoms with E-state index in [0.717, 1.165) is 13.6 Å². The van der Waals surface area contributed by atoms with Gasteiger partial charge in [-0.15, -0.1) is 11.6 Å². The molecule has 0 spiro atoms. The summed E-state index contributed by atoms with van der Waals surface area (Å²) in [5.41, 5.74) is 0.317. The van der Waals surface area contributed by atoms with Gasteiger partial charge in [0.15, 0.2) is 0 Å². The molecule has 0 saturated heterocycles. The minimum atomic E-state index is -0.280. The molecule has 4 nitrogen and oxygen atoms in total. The van der Waals surface area contributed by atoms with Gasteiger partial charge in [0.1, 0.15) is 5.82 Å². The first-order chi connectivity index (χ1) is 8.04. The van der Waals surface area contributed by atoms with E-state index in [2.05, 4.69) is 36.8 Å². The van der Waals surface area contributed by atoms with Crippen LogP contribution in [0.2, 0.25) is 0 Å². The smallest absolute Gasteiger partial charge is 0.279 e. The van der Waals surface area contributed by atoms with E-state index >= 15 is 0 Å². The summed E-state index contributed by atoms with van der Waals surface area (Å²) in [5, 5.41) is 0.465. The number of alkyl halides is 1. The van der Waals surface area contributed by atoms with Gasteiger partial charge in [-0.05, 0) is 28.1 Å². The molecule has 2 rings (SSSR count). The third-order valence-corrected chi connectivity index (χ3v) is 3.57. The molecule has 1 aromatic heterocycles. The predicted molar refractivity (Wildman–Crippen MR) is 76.0 cm³/mol. The van der Waals surface area contributed by atoms with Crippen LogP contribution in [0.4, 0.5) is 0 Å². The molecule has 90 valence electrons. The lowest BCUT2D eigenvalue weighted by atomic mass is 10.2. The Morgan fingerprint density at radius 3 is 2.76 bits per heavy atom. The van der Waals surface area contributed by atoms with Crippen LogP contribution in [0.5, 0.6) is 0 Å². The summed E-state index contributed by atoms with van der Waals surface area (Å²) < 4.78 is 2.58. The van der Waals surface area contributed by atoms with E-state index in [4.69, 9.17) is 17.4 Å². The van der Waals surface area contributed by atoms with Crippen molar-refractivity contribution in [1.29, 1.82) is 0 Å². The van der Waals surface area contributed by atoms with E-state index in [0.29, 0.717) is 29.0 Å². The number of aryl methyl sites for hydroxylation is 1. The summed E-state index contributed by atoms with van der Waals surface area (Å²) >= 11 is 12.3. The molecule has 1 aromatic carbocycles. The van der Waals surface area contributed by atoms with Crippen molar-refractivity contribution in [3.8, 4) is 0 Å². The summed E-state index contributed by atoms with van der Waals surface area (Å²) in [6.07, 6.45) is 0.450. The molecule has 2 aromatic rings. The minimum Gasteiger partial charge on any atom is -0.335 e. The molecule has 0 unspecified atom stereocenters. The Bertz CT molecular complexity index is 641. The van der Waals surface area contributed by atoms with Crippen molar-refractivity contribution in [1.82, 2.24) is 9.66 Å². The normalized spacial score (nSPS) is 11.0. The van der Waals surface area contributed by atoms with Crippen LogP contribution in [0, 0.1) is 0 Å². The Labute approximate surface area is 119 Å². The van der Waals surface area contributed by atoms with Gasteiger partial charge in [0.05, 0.1) is 10.9 Å². The molecule has 0 aliphatic heterocycles. The number of rotatable bonds is 2. The second-order valence-electron chi connectivity index (χ2n) is 3.43. The van der Waals surface area contributed by atoms with Crippen LogP contribution in [-0.2, 0) is 6.42 Å². The van der Waals surface area contributed by atoms with Gasteiger partial charge in [0.2, 0.25) is 0 Å². The van der Waals surface area contributed by atoms with Gasteiger partial charge in [-0.25, -0.2) is 9.66 Å². The number of hydrogen-bond acceptors (Lipinski definition) is 3. The highest BCUT2D eigenvalue weighted by Gasteiger charge is 2.11. The van der Waals surface area contributed by atoms with E-state index in [9.17, 15) is 4.79 Å². The third-order valence-electron chi connectivity index (χ3n) is 2.31. The molecule has 2 N–H and O–H groups in total. The molecule has 0 amide bonds. The maximum Gasteiger partial charge on any atom is 0.279 e. The first kappa shape index (κ1) is 12.9. The number of nitrogen functional groups attached to an aromatic ring is 1. The molecule has 0 radical (unpaired) electrons. The van der Waals surface area contributed by atoms with Crippen LogP contribution < -0.4 is 11.4 Å². The lowest BCUT2D eigenvalue weighted by Gasteiger charge is -2.08. The second kappa shape index (κ2) is 4.96. The lowest BCUT2D eigenvalue weighted by molar-refractivity contribution is 0.801. The van der Waals surface area contributed by atoms with Gasteiger partial charge in [-0.3, -0.25) is 4.79 Å². The SMILES string of the molecule is Nn1c(CCCl)nc2c(Br)cc(Br)cc2c1=O. The maximum absolute atomic E-state index is 12.0. The standard InChI is InChI=1S/C10H8Br2ClN3O/c11-5-3-6-9(7(12)4-5)15-8(1-2-13)16(14)10(6)17/h3-4H,1-2,14H2. The topological polar surface area (TPSA) is 60.9 Å². The van der Waals surface area contributed by atoms with Gasteiger partial charge in [0.25, 0.3) is 5.56 Å². The van der Waals surface area contributed by atoms with E-state index < -0.39 is 0 Å². The quantitative estimate of drug-likeness (QED) is 0.642. The molecule has 0 saturated carbocycles. The zero-order valence-electron chi connectivity index (χ0n) is 8.58. The van der Waals surface area contributed by atoms with Crippen LogP contribution in [0.1, 0.15) is 5.82 Å². The molecule has 7 heteroatoms. The van der Waals surface area contributed by atoms with Crippen LogP contribution >= 0.6 is 43.5 Å². The van der Waals surface area contributed by atoms with E-state index in [1.165, 1.54) is 0 Å². The molecule has 0 atom stereocenters. The number of nitrogens with two attached hydrogens (primary N) is 1. The Balaban J connectivity index is 2.86. The third kappa shape index (κ3) is 2.34. The molecule has 17 heavy (non-hydrogen) atoms. The Hall–Kier alpha value is -0.590. The number of halogens is 3. The van der Waals surface area contributed by atoms with Crippen molar-refractivity contribution in [2.24, 2.45) is 0 Å². The van der Waals surface area contributed by atoms with Crippen LogP contribution in [-0.4, -0.2) is 15.5 Å². The number of nitrogens with zero attached hydrogens (tertiary/aromatic N) is 2. The van der Waals surface area contributed by atoms with Gasteiger partial charge >= 0.3 is 0 Å². The monoisotopic (exact) mass is 379 g/mol. The van der Waals surface area contributed by atoms with Crippen molar-refractivity contribution in [3.05, 3.63) is 37.3 Å². The van der Waals surface area contributed by atoms with Crippen molar-refractivity contribution in [2.75, 3.05) is 11.7 Å². The number of benzene rings is 1. The summed E-state index contributed by atoms with van der Waals surface area (Å²) in [5.74, 6) is 6.52. The highest BCUT2D eigenvalue weighted by molar-refractivity contribution is 9.11. The number of fused-ring (bicyclic) bond motifs is 1. The fraction of sp³-hybridized carbons (Fsp3) is 0.200. The molecular weight excluding hydrogens is 373 g/mol. The fourth-order valence-corrected chi connectivity index (χ4v) is 3.02. The Morgan fingerprint density at radius 2 is 2.12 bits per heavy atom. The van der Waals surface area contributed by atoms with E-state index in [-0.39, 0.29) is 5.56 Å². The molecule has 0 fully saturated rings. The minimum absolute atomic E-state index is 0.280. The largest absolute Gasteiger partial charge is 0.335 e. The van der Waals surface area contributed by atoms with Crippen molar-refractivity contribution >= 4 is 54.4 Å². The zero-order valence-corrected chi connectivity index (χ0v) is 12.5. The first-order valence-corrected chi connectivity index (χ1v) is 6.88. The predicted octanol–water partition coefficient (Wildman–Crippen LogP) is 2.42. The average Bonchev–Trinajstić information content (AvgIpc) is 2.27. The van der Waals surface area contributed by atoms with Gasteiger partial charge in [-0.2, -0.15) is 0 Å². The van der Waals surface area contributed by atoms with E-state index in [1.54, 1.807) is 6.07 Å². The summed E-state index contributed by atoms with van der Waals surface area (Å²) in [6, 6.07) is 3.53. The summed E-state index contributed by atoms with van der Waals surface area (Å²) in [7, 11) is 0. The molecule has 0 bridgehead atoms.